The van der Waals surface area contributed by atoms with E-state index in [4.69, 9.17) is 17.2 Å². The summed E-state index contributed by atoms with van der Waals surface area (Å²) >= 11 is 0. The maximum Gasteiger partial charge on any atom is 0.354 e. The molecule has 0 aliphatic heterocycles. The molecule has 9 N–H and O–H groups in total. The Morgan fingerprint density at radius 2 is 1.73 bits per heavy atom. The molecule has 2 amide bonds. The highest BCUT2D eigenvalue weighted by atomic mass is 19.1. The number of carboxylic acid groups (broad SMARTS) is 1. The number of esters is 1. The second-order valence-corrected chi connectivity index (χ2v) is 9.74. The lowest BCUT2D eigenvalue weighted by atomic mass is 10.1. The maximum atomic E-state index is 14.1. The number of nitrogen functional groups attached to an aromatic ring is 1. The van der Waals surface area contributed by atoms with Crippen LogP contribution >= 0.6 is 0 Å². The molecule has 3 aromatic carbocycles. The Morgan fingerprint density at radius 3 is 2.33 bits per heavy atom. The van der Waals surface area contributed by atoms with Gasteiger partial charge in [-0.3, -0.25) is 19.2 Å². The van der Waals surface area contributed by atoms with Crippen LogP contribution in [0.4, 0.5) is 15.8 Å². The zero-order chi connectivity index (χ0) is 34.4. The summed E-state index contributed by atoms with van der Waals surface area (Å²) in [6.07, 6.45) is 1.21. The van der Waals surface area contributed by atoms with E-state index in [1.54, 1.807) is 12.1 Å². The highest BCUT2D eigenvalue weighted by Crippen LogP contribution is 2.16. The standard InChI is InChI=1S/C19H14FN7O5.C10H12N2O3.CH4/c20-10-2-1-8(3-9(10)6-22-15-14(21)16(28)17(15)29)5-23-18(30)11-4-12(19(31)32)27-13(25-11)7-24-26-27;1-15-10(14)7-4-2-6(3-5-7)8(11)9(12)13;/h1-4,7,22H,5-6,21H2,(H,23,30)(H,31,32);2-5,8H,11H2,1H3,(H2,12,13);1H4/t;8-;/m.1./s1. The Bertz CT molecular complexity index is 2070. The van der Waals surface area contributed by atoms with Gasteiger partial charge in [-0.25, -0.2) is 19.0 Å². The maximum absolute atomic E-state index is 14.1. The average Bonchev–Trinajstić information content (AvgIpc) is 3.56. The average molecular weight is 664 g/mol. The van der Waals surface area contributed by atoms with Crippen LogP contribution in [0.15, 0.2) is 64.3 Å². The molecule has 0 saturated heterocycles. The van der Waals surface area contributed by atoms with Crippen molar-refractivity contribution >= 4 is 40.8 Å². The number of rotatable bonds is 10. The van der Waals surface area contributed by atoms with Crippen LogP contribution in [0.25, 0.3) is 5.65 Å². The van der Waals surface area contributed by atoms with Gasteiger partial charge in [0.05, 0.1) is 18.9 Å². The van der Waals surface area contributed by atoms with Crippen LogP contribution in [-0.2, 0) is 22.6 Å². The molecule has 0 aliphatic carbocycles. The van der Waals surface area contributed by atoms with E-state index in [0.717, 1.165) is 10.6 Å². The summed E-state index contributed by atoms with van der Waals surface area (Å²) in [7, 11) is 1.30. The van der Waals surface area contributed by atoms with Crippen molar-refractivity contribution in [2.75, 3.05) is 18.2 Å². The minimum absolute atomic E-state index is 0. The van der Waals surface area contributed by atoms with Crippen molar-refractivity contribution in [3.05, 3.63) is 115 Å². The van der Waals surface area contributed by atoms with E-state index in [-0.39, 0.29) is 54.5 Å². The Labute approximate surface area is 270 Å². The first-order valence-electron chi connectivity index (χ1n) is 13.4. The quantitative estimate of drug-likeness (QED) is 0.0865. The summed E-state index contributed by atoms with van der Waals surface area (Å²) in [6.45, 7) is -0.113. The number of anilines is 2. The van der Waals surface area contributed by atoms with Gasteiger partial charge in [0.15, 0.2) is 11.3 Å². The molecule has 5 rings (SSSR count). The van der Waals surface area contributed by atoms with Gasteiger partial charge in [-0.1, -0.05) is 30.8 Å². The van der Waals surface area contributed by atoms with Crippen LogP contribution in [0.2, 0.25) is 0 Å². The molecule has 250 valence electrons. The number of carbonyl (C=O) groups is 4. The SMILES string of the molecule is C.COC(=O)c1ccc([C@@H](N)C(N)=O)cc1.Nc1c(NCc2cc(CNC(=O)c3cc(C(=O)O)n4nncc4n3)ccc2F)c(=O)c1=O. The fourth-order valence-electron chi connectivity index (χ4n) is 4.12. The van der Waals surface area contributed by atoms with Crippen molar-refractivity contribution in [2.45, 2.75) is 26.6 Å². The van der Waals surface area contributed by atoms with Crippen molar-refractivity contribution in [1.29, 1.82) is 0 Å². The third kappa shape index (κ3) is 7.80. The molecule has 0 saturated carbocycles. The summed E-state index contributed by atoms with van der Waals surface area (Å²) in [5.74, 6) is -3.57. The molecule has 5 aromatic rings. The highest BCUT2D eigenvalue weighted by molar-refractivity contribution is 5.96. The lowest BCUT2D eigenvalue weighted by molar-refractivity contribution is -0.119. The third-order valence-electron chi connectivity index (χ3n) is 6.68. The smallest absolute Gasteiger partial charge is 0.354 e. The van der Waals surface area contributed by atoms with Crippen molar-refractivity contribution in [3.8, 4) is 0 Å². The fraction of sp³-hybridized carbons (Fsp3) is 0.167. The zero-order valence-corrected chi connectivity index (χ0v) is 24.4. The van der Waals surface area contributed by atoms with Gasteiger partial charge in [-0.2, -0.15) is 4.52 Å². The van der Waals surface area contributed by atoms with E-state index in [0.29, 0.717) is 16.7 Å². The normalized spacial score (nSPS) is 11.1. The van der Waals surface area contributed by atoms with Crippen molar-refractivity contribution < 1.29 is 33.4 Å². The number of aromatic nitrogens is 4. The van der Waals surface area contributed by atoms with Crippen LogP contribution in [0.5, 0.6) is 0 Å². The molecule has 2 aromatic heterocycles. The molecule has 0 bridgehead atoms. The largest absolute Gasteiger partial charge is 0.477 e. The predicted octanol–water partition coefficient (Wildman–Crippen LogP) is 0.276. The van der Waals surface area contributed by atoms with E-state index in [2.05, 4.69) is 30.7 Å². The Kier molecular flexibility index (Phi) is 11.3. The molecule has 17 nitrogen and oxygen atoms in total. The minimum Gasteiger partial charge on any atom is -0.477 e. The molecule has 2 heterocycles. The summed E-state index contributed by atoms with van der Waals surface area (Å²) in [5.41, 5.74) is 15.5. The molecule has 18 heteroatoms. The topological polar surface area (TPSA) is 277 Å². The van der Waals surface area contributed by atoms with Gasteiger partial charge < -0.3 is 37.7 Å². The number of nitrogens with two attached hydrogens (primary N) is 3. The van der Waals surface area contributed by atoms with Crippen molar-refractivity contribution in [1.82, 2.24) is 25.1 Å². The number of carboxylic acids is 1. The van der Waals surface area contributed by atoms with Crippen LogP contribution in [-0.4, -0.2) is 55.8 Å². The van der Waals surface area contributed by atoms with Crippen molar-refractivity contribution in [2.24, 2.45) is 11.5 Å². The van der Waals surface area contributed by atoms with Crippen LogP contribution < -0.4 is 38.7 Å². The van der Waals surface area contributed by atoms with Gasteiger partial charge in [0.2, 0.25) is 5.91 Å². The molecule has 0 radical (unpaired) electrons. The lowest BCUT2D eigenvalue weighted by Crippen LogP contribution is -2.37. The number of amides is 2. The number of hydrogen-bond acceptors (Lipinski definition) is 13. The lowest BCUT2D eigenvalue weighted by Gasteiger charge is -2.12. The molecule has 0 fully saturated rings. The molecular weight excluding hydrogens is 633 g/mol. The number of nitrogens with zero attached hydrogens (tertiary/aromatic N) is 4. The van der Waals surface area contributed by atoms with Crippen LogP contribution in [0, 0.1) is 5.82 Å². The molecular formula is C30H30FN9O8. The summed E-state index contributed by atoms with van der Waals surface area (Å²) in [4.78, 5) is 72.4. The van der Waals surface area contributed by atoms with E-state index >= 15 is 0 Å². The molecule has 0 spiro atoms. The van der Waals surface area contributed by atoms with Crippen LogP contribution in [0.3, 0.4) is 0 Å². The Morgan fingerprint density at radius 1 is 1.04 bits per heavy atom. The van der Waals surface area contributed by atoms with Crippen LogP contribution in [0.1, 0.15) is 61.5 Å². The number of ether oxygens (including phenoxy) is 1. The monoisotopic (exact) mass is 663 g/mol. The summed E-state index contributed by atoms with van der Waals surface area (Å²) < 4.78 is 19.6. The minimum atomic E-state index is -1.31. The van der Waals surface area contributed by atoms with Gasteiger partial charge in [-0.15, -0.1) is 5.10 Å². The van der Waals surface area contributed by atoms with E-state index in [1.165, 1.54) is 43.6 Å². The number of fused-ring (bicyclic) bond motifs is 1. The molecule has 0 aliphatic rings. The first-order valence-corrected chi connectivity index (χ1v) is 13.4. The van der Waals surface area contributed by atoms with Gasteiger partial charge in [0.25, 0.3) is 16.8 Å². The first-order chi connectivity index (χ1) is 22.3. The number of primary amides is 1. The second kappa shape index (κ2) is 15.1. The highest BCUT2D eigenvalue weighted by Gasteiger charge is 2.19. The van der Waals surface area contributed by atoms with Gasteiger partial charge in [-0.05, 0) is 35.4 Å². The second-order valence-electron chi connectivity index (χ2n) is 9.74. The Balaban J connectivity index is 0.000000330. The third-order valence-corrected chi connectivity index (χ3v) is 6.68. The summed E-state index contributed by atoms with van der Waals surface area (Å²) in [6, 6.07) is 10.5. The number of halogens is 1. The number of methoxy groups -OCH3 is 1. The van der Waals surface area contributed by atoms with E-state index in [1.807, 2.05) is 0 Å². The van der Waals surface area contributed by atoms with E-state index in [9.17, 15) is 38.3 Å². The van der Waals surface area contributed by atoms with Crippen molar-refractivity contribution in [3.63, 3.8) is 0 Å². The number of nitrogens with one attached hydrogen (secondary N) is 2. The molecule has 1 atom stereocenters. The fourth-order valence-corrected chi connectivity index (χ4v) is 4.12. The van der Waals surface area contributed by atoms with Gasteiger partial charge >= 0.3 is 11.9 Å². The van der Waals surface area contributed by atoms with Gasteiger partial charge in [0.1, 0.15) is 28.9 Å². The number of carbonyl (C=O) groups excluding carboxylic acids is 3. The molecule has 48 heavy (non-hydrogen) atoms. The van der Waals surface area contributed by atoms with Gasteiger partial charge in [0, 0.05) is 24.7 Å². The Hall–Kier alpha value is -6.56. The zero-order valence-electron chi connectivity index (χ0n) is 24.4. The number of hydrogen-bond donors (Lipinski definition) is 6. The molecule has 0 unspecified atom stereocenters. The summed E-state index contributed by atoms with van der Waals surface area (Å²) in [5, 5.41) is 21.7. The first kappa shape index (κ1) is 35.9. The predicted molar refractivity (Wildman–Crippen MR) is 169 cm³/mol. The number of aromatic carboxylic acids is 1. The van der Waals surface area contributed by atoms with E-state index < -0.39 is 46.5 Å². The number of benzene rings is 2.